The Hall–Kier alpha value is -2.27. The van der Waals surface area contributed by atoms with Crippen molar-refractivity contribution in [3.63, 3.8) is 0 Å². The zero-order valence-electron chi connectivity index (χ0n) is 16.4. The van der Waals surface area contributed by atoms with E-state index in [4.69, 9.17) is 9.47 Å². The molecule has 1 aliphatic heterocycles. The topological polar surface area (TPSA) is 47.9 Å². The first kappa shape index (κ1) is 21.9. The first-order valence-corrected chi connectivity index (χ1v) is 11.5. The third-order valence-electron chi connectivity index (χ3n) is 4.65. The highest BCUT2D eigenvalue weighted by Gasteiger charge is 2.24. The second-order valence-corrected chi connectivity index (χ2v) is 9.20. The Kier molecular flexibility index (Phi) is 6.71. The largest absolute Gasteiger partial charge is 0.487 e. The summed E-state index contributed by atoms with van der Waals surface area (Å²) in [5.74, 6) is -0.0916. The first-order chi connectivity index (χ1) is 14.9. The Balaban J connectivity index is 1.57. The second-order valence-electron chi connectivity index (χ2n) is 6.88. The lowest BCUT2D eigenvalue weighted by Crippen LogP contribution is -2.05. The van der Waals surface area contributed by atoms with Gasteiger partial charge in [-0.2, -0.15) is 0 Å². The number of carbonyl (C=O) groups excluding carboxylic acids is 1. The molecule has 0 radical (unpaired) electrons. The van der Waals surface area contributed by atoms with Gasteiger partial charge in [0.25, 0.3) is 0 Å². The average molecular weight is 639 g/mol. The molecule has 4 rings (SSSR count). The number of benzene rings is 3. The van der Waals surface area contributed by atoms with Gasteiger partial charge in [0.15, 0.2) is 5.70 Å². The summed E-state index contributed by atoms with van der Waals surface area (Å²) in [4.78, 5) is 16.5. The molecule has 0 atom stereocenters. The SMILES string of the molecule is Cc1ccccc1COc1c(I)cc(C=C2N=C(c3cccc(F)c3)OC2=O)cc1I. The minimum absolute atomic E-state index is 0.0957. The molecule has 156 valence electrons. The van der Waals surface area contributed by atoms with Crippen LogP contribution in [0.25, 0.3) is 6.08 Å². The van der Waals surface area contributed by atoms with E-state index in [1.165, 1.54) is 17.7 Å². The molecule has 31 heavy (non-hydrogen) atoms. The molecular formula is C24H16FI2NO3. The molecule has 0 amide bonds. The maximum absolute atomic E-state index is 13.5. The first-order valence-electron chi connectivity index (χ1n) is 9.35. The van der Waals surface area contributed by atoms with Crippen molar-refractivity contribution in [1.29, 1.82) is 0 Å². The second kappa shape index (κ2) is 9.47. The molecule has 0 N–H and O–H groups in total. The summed E-state index contributed by atoms with van der Waals surface area (Å²) in [6, 6.07) is 17.7. The Labute approximate surface area is 206 Å². The monoisotopic (exact) mass is 639 g/mol. The Morgan fingerprint density at radius 1 is 1.06 bits per heavy atom. The summed E-state index contributed by atoms with van der Waals surface area (Å²) in [6.45, 7) is 2.54. The Morgan fingerprint density at radius 2 is 1.81 bits per heavy atom. The number of rotatable bonds is 5. The molecule has 0 saturated heterocycles. The van der Waals surface area contributed by atoms with Crippen LogP contribution < -0.4 is 4.74 Å². The van der Waals surface area contributed by atoms with E-state index in [-0.39, 0.29) is 11.6 Å². The highest BCUT2D eigenvalue weighted by molar-refractivity contribution is 14.1. The third kappa shape index (κ3) is 5.15. The molecule has 0 fully saturated rings. The number of ether oxygens (including phenoxy) is 2. The fraction of sp³-hybridized carbons (Fsp3) is 0.0833. The maximum atomic E-state index is 13.5. The number of aryl methyl sites for hydroxylation is 1. The van der Waals surface area contributed by atoms with Gasteiger partial charge in [0, 0.05) is 5.56 Å². The van der Waals surface area contributed by atoms with Crippen molar-refractivity contribution in [3.05, 3.63) is 102 Å². The van der Waals surface area contributed by atoms with Crippen LogP contribution in [0.4, 0.5) is 4.39 Å². The number of carbonyl (C=O) groups is 1. The zero-order chi connectivity index (χ0) is 22.0. The van der Waals surface area contributed by atoms with E-state index < -0.39 is 11.8 Å². The molecule has 4 nitrogen and oxygen atoms in total. The molecule has 0 bridgehead atoms. The normalized spacial score (nSPS) is 14.5. The van der Waals surface area contributed by atoms with Crippen molar-refractivity contribution in [2.75, 3.05) is 0 Å². The van der Waals surface area contributed by atoms with E-state index >= 15 is 0 Å². The smallest absolute Gasteiger partial charge is 0.363 e. The van der Waals surface area contributed by atoms with Crippen molar-refractivity contribution < 1.29 is 18.7 Å². The summed E-state index contributed by atoms with van der Waals surface area (Å²) in [6.07, 6.45) is 1.66. The van der Waals surface area contributed by atoms with Crippen LogP contribution in [-0.4, -0.2) is 11.9 Å². The van der Waals surface area contributed by atoms with Gasteiger partial charge in [-0.25, -0.2) is 14.2 Å². The maximum Gasteiger partial charge on any atom is 0.363 e. The molecule has 0 unspecified atom stereocenters. The predicted molar refractivity (Wildman–Crippen MR) is 134 cm³/mol. The van der Waals surface area contributed by atoms with E-state index in [0.29, 0.717) is 12.2 Å². The molecule has 0 spiro atoms. The van der Waals surface area contributed by atoms with Crippen LogP contribution in [-0.2, 0) is 16.1 Å². The van der Waals surface area contributed by atoms with Crippen molar-refractivity contribution in [2.45, 2.75) is 13.5 Å². The van der Waals surface area contributed by atoms with Crippen LogP contribution in [0.3, 0.4) is 0 Å². The number of halogens is 3. The van der Waals surface area contributed by atoms with Crippen molar-refractivity contribution in [3.8, 4) is 5.75 Å². The molecule has 3 aromatic carbocycles. The molecule has 1 heterocycles. The Morgan fingerprint density at radius 3 is 2.52 bits per heavy atom. The summed E-state index contributed by atoms with van der Waals surface area (Å²) in [5.41, 5.74) is 3.70. The molecule has 0 aliphatic carbocycles. The molecule has 3 aromatic rings. The molecule has 0 aromatic heterocycles. The van der Waals surface area contributed by atoms with E-state index in [0.717, 1.165) is 24.0 Å². The average Bonchev–Trinajstić information content (AvgIpc) is 3.09. The van der Waals surface area contributed by atoms with Gasteiger partial charge in [0.05, 0.1) is 7.14 Å². The summed E-state index contributed by atoms with van der Waals surface area (Å²) < 4.78 is 26.6. The number of hydrogen-bond acceptors (Lipinski definition) is 4. The fourth-order valence-electron chi connectivity index (χ4n) is 3.03. The summed E-state index contributed by atoms with van der Waals surface area (Å²) in [7, 11) is 0. The van der Waals surface area contributed by atoms with Crippen molar-refractivity contribution in [2.24, 2.45) is 4.99 Å². The summed E-state index contributed by atoms with van der Waals surface area (Å²) in [5, 5.41) is 0. The van der Waals surface area contributed by atoms with Gasteiger partial charge in [0.2, 0.25) is 5.90 Å². The van der Waals surface area contributed by atoms with Gasteiger partial charge in [-0.05, 0) is 105 Å². The van der Waals surface area contributed by atoms with Gasteiger partial charge in [0.1, 0.15) is 18.2 Å². The minimum Gasteiger partial charge on any atom is -0.487 e. The predicted octanol–water partition coefficient (Wildman–Crippen LogP) is 6.27. The zero-order valence-corrected chi connectivity index (χ0v) is 20.7. The molecular weight excluding hydrogens is 623 g/mol. The van der Waals surface area contributed by atoms with E-state index in [9.17, 15) is 9.18 Å². The lowest BCUT2D eigenvalue weighted by molar-refractivity contribution is -0.129. The van der Waals surface area contributed by atoms with E-state index in [1.807, 2.05) is 30.3 Å². The number of nitrogens with zero attached hydrogens (tertiary/aromatic N) is 1. The van der Waals surface area contributed by atoms with E-state index in [2.05, 4.69) is 63.2 Å². The number of aliphatic imine (C=N–C) groups is 1. The highest BCUT2D eigenvalue weighted by atomic mass is 127. The third-order valence-corrected chi connectivity index (χ3v) is 6.25. The van der Waals surface area contributed by atoms with Gasteiger partial charge in [-0.15, -0.1) is 0 Å². The van der Waals surface area contributed by atoms with Crippen LogP contribution in [0.15, 0.2) is 71.4 Å². The van der Waals surface area contributed by atoms with Gasteiger partial charge >= 0.3 is 5.97 Å². The number of cyclic esters (lactones) is 1. The van der Waals surface area contributed by atoms with E-state index in [1.54, 1.807) is 18.2 Å². The van der Waals surface area contributed by atoms with Crippen molar-refractivity contribution in [1.82, 2.24) is 0 Å². The van der Waals surface area contributed by atoms with Crippen LogP contribution in [0, 0.1) is 19.9 Å². The van der Waals surface area contributed by atoms with Gasteiger partial charge < -0.3 is 9.47 Å². The molecule has 1 aliphatic rings. The lowest BCUT2D eigenvalue weighted by Gasteiger charge is -2.13. The van der Waals surface area contributed by atoms with Gasteiger partial charge in [-0.3, -0.25) is 0 Å². The fourth-order valence-corrected chi connectivity index (χ4v) is 5.16. The van der Waals surface area contributed by atoms with Crippen LogP contribution in [0.2, 0.25) is 0 Å². The van der Waals surface area contributed by atoms with Gasteiger partial charge in [-0.1, -0.05) is 30.3 Å². The standard InChI is InChI=1S/C24H16FI2NO3/c1-14-5-2-3-6-17(14)13-30-22-19(26)9-15(10-20(22)27)11-21-24(29)31-23(28-21)16-7-4-8-18(25)12-16/h2-12H,13H2,1H3. The quantitative estimate of drug-likeness (QED) is 0.188. The van der Waals surface area contributed by atoms with Crippen LogP contribution in [0.5, 0.6) is 5.75 Å². The van der Waals surface area contributed by atoms with Crippen molar-refractivity contribution >= 4 is 63.1 Å². The van der Waals surface area contributed by atoms with Crippen LogP contribution >= 0.6 is 45.2 Å². The minimum atomic E-state index is -0.566. The molecule has 0 saturated carbocycles. The summed E-state index contributed by atoms with van der Waals surface area (Å²) >= 11 is 4.44. The molecule has 7 heteroatoms. The highest BCUT2D eigenvalue weighted by Crippen LogP contribution is 2.31. The number of esters is 1. The lowest BCUT2D eigenvalue weighted by atomic mass is 10.1. The van der Waals surface area contributed by atoms with Crippen LogP contribution in [0.1, 0.15) is 22.3 Å². The number of hydrogen-bond donors (Lipinski definition) is 0. The Bertz CT molecular complexity index is 1210.